The van der Waals surface area contributed by atoms with Crippen molar-refractivity contribution in [2.24, 2.45) is 5.14 Å². The van der Waals surface area contributed by atoms with Crippen LogP contribution in [0, 0.1) is 0 Å². The van der Waals surface area contributed by atoms with Gasteiger partial charge in [-0.1, -0.05) is 0 Å². The van der Waals surface area contributed by atoms with Crippen LogP contribution in [0.1, 0.15) is 31.3 Å². The smallest absolute Gasteiger partial charge is 0.270 e. The Labute approximate surface area is 154 Å². The van der Waals surface area contributed by atoms with Crippen LogP contribution in [-0.2, 0) is 10.0 Å². The Balaban J connectivity index is 1.82. The van der Waals surface area contributed by atoms with Gasteiger partial charge < -0.3 is 15.2 Å². The van der Waals surface area contributed by atoms with Gasteiger partial charge in [-0.15, -0.1) is 0 Å². The molecule has 2 aromatic rings. The molecule has 0 radical (unpaired) electrons. The molecule has 3 rings (SSSR count). The summed E-state index contributed by atoms with van der Waals surface area (Å²) >= 11 is 0. The molecule has 0 bridgehead atoms. The van der Waals surface area contributed by atoms with Crippen molar-refractivity contribution < 1.29 is 27.0 Å². The van der Waals surface area contributed by atoms with Gasteiger partial charge in [-0.2, -0.15) is 4.98 Å². The third kappa shape index (κ3) is 4.67. The minimum atomic E-state index is -3.82. The number of nitrogens with two attached hydrogens (primary N) is 1. The predicted octanol–water partition coefficient (Wildman–Crippen LogP) is 2.10. The first-order valence-electron chi connectivity index (χ1n) is 8.14. The van der Waals surface area contributed by atoms with Crippen LogP contribution < -0.4 is 15.2 Å². The molecule has 27 heavy (non-hydrogen) atoms. The molecule has 2 atom stereocenters. The van der Waals surface area contributed by atoms with E-state index >= 15 is 0 Å². The molecule has 0 spiro atoms. The van der Waals surface area contributed by atoms with E-state index in [9.17, 15) is 22.3 Å². The number of hydrogen-bond donors (Lipinski definition) is 3. The minimum Gasteiger partial charge on any atom is -0.471 e. The van der Waals surface area contributed by atoms with Crippen molar-refractivity contribution in [1.29, 1.82) is 0 Å². The maximum atomic E-state index is 13.2. The van der Waals surface area contributed by atoms with Gasteiger partial charge in [0.15, 0.2) is 0 Å². The van der Waals surface area contributed by atoms with Gasteiger partial charge in [-0.25, -0.2) is 27.3 Å². The molecule has 1 aromatic carbocycles. The number of ether oxygens (including phenoxy) is 1. The molecule has 0 unspecified atom stereocenters. The van der Waals surface area contributed by atoms with E-state index < -0.39 is 34.2 Å². The summed E-state index contributed by atoms with van der Waals surface area (Å²) in [5.41, 5.74) is -0.0386. The summed E-state index contributed by atoms with van der Waals surface area (Å²) < 4.78 is 54.4. The molecule has 0 amide bonds. The number of hydrogen-bond acceptors (Lipinski definition) is 7. The average molecular weight is 400 g/mol. The fourth-order valence-electron chi connectivity index (χ4n) is 2.72. The lowest BCUT2D eigenvalue weighted by atomic mass is 10.2. The van der Waals surface area contributed by atoms with Gasteiger partial charge in [0.25, 0.3) is 6.43 Å². The lowest BCUT2D eigenvalue weighted by Crippen LogP contribution is -2.26. The van der Waals surface area contributed by atoms with Gasteiger partial charge in [0, 0.05) is 11.9 Å². The molecule has 1 fully saturated rings. The Kier molecular flexibility index (Phi) is 5.53. The largest absolute Gasteiger partial charge is 0.471 e. The molecule has 4 N–H and O–H groups in total. The second-order valence-electron chi connectivity index (χ2n) is 6.10. The van der Waals surface area contributed by atoms with Crippen molar-refractivity contribution >= 4 is 21.7 Å². The van der Waals surface area contributed by atoms with Crippen LogP contribution in [0.25, 0.3) is 0 Å². The average Bonchev–Trinajstić information content (AvgIpc) is 2.99. The second-order valence-corrected chi connectivity index (χ2v) is 7.67. The van der Waals surface area contributed by atoms with E-state index in [1.807, 2.05) is 0 Å². The van der Waals surface area contributed by atoms with Crippen molar-refractivity contribution in [3.05, 3.63) is 36.0 Å². The van der Waals surface area contributed by atoms with Crippen LogP contribution in [-0.4, -0.2) is 35.7 Å². The fourth-order valence-corrected chi connectivity index (χ4v) is 3.24. The normalized spacial score (nSPS) is 20.0. The Morgan fingerprint density at radius 2 is 1.96 bits per heavy atom. The monoisotopic (exact) mass is 400 g/mol. The zero-order valence-corrected chi connectivity index (χ0v) is 14.9. The summed E-state index contributed by atoms with van der Waals surface area (Å²) in [6.07, 6.45) is -1.38. The Morgan fingerprint density at radius 3 is 2.52 bits per heavy atom. The van der Waals surface area contributed by atoms with Gasteiger partial charge in [0.1, 0.15) is 6.10 Å². The van der Waals surface area contributed by atoms with Crippen LogP contribution in [0.15, 0.2) is 35.4 Å². The zero-order valence-electron chi connectivity index (χ0n) is 14.0. The lowest BCUT2D eigenvalue weighted by Gasteiger charge is -2.18. The summed E-state index contributed by atoms with van der Waals surface area (Å²) in [5, 5.41) is 17.7. The minimum absolute atomic E-state index is 0.00903. The number of rotatable bonds is 6. The van der Waals surface area contributed by atoms with E-state index in [-0.39, 0.29) is 16.7 Å². The molecule has 11 heteroatoms. The van der Waals surface area contributed by atoms with Gasteiger partial charge in [-0.05, 0) is 43.5 Å². The van der Waals surface area contributed by atoms with Gasteiger partial charge in [0.05, 0.1) is 16.6 Å². The van der Waals surface area contributed by atoms with E-state index in [1.165, 1.54) is 24.3 Å². The predicted molar refractivity (Wildman–Crippen MR) is 92.4 cm³/mol. The maximum Gasteiger partial charge on any atom is 0.270 e. The fraction of sp³-hybridized carbons (Fsp3) is 0.375. The molecule has 0 aliphatic heterocycles. The van der Waals surface area contributed by atoms with Gasteiger partial charge >= 0.3 is 0 Å². The number of aromatic nitrogens is 2. The highest BCUT2D eigenvalue weighted by atomic mass is 32.2. The molecule has 1 aliphatic carbocycles. The third-order valence-electron chi connectivity index (χ3n) is 4.14. The number of halogens is 2. The summed E-state index contributed by atoms with van der Waals surface area (Å²) in [7, 11) is -3.82. The standard InChI is InChI=1S/C16H18F2N4O4S/c17-14(18)11-8-20-16(22-15(11)26-13-3-1-2-12(13)23)21-9-4-6-10(7-5-9)27(19,24)25/h4-8,12-14,23H,1-3H2,(H2,19,24,25)(H,20,21,22)/t12-,13+/m1/s1. The van der Waals surface area contributed by atoms with Crippen LogP contribution in [0.4, 0.5) is 20.4 Å². The lowest BCUT2D eigenvalue weighted by molar-refractivity contribution is 0.0525. The molecule has 1 aliphatic rings. The Hall–Kier alpha value is -2.37. The maximum absolute atomic E-state index is 13.2. The number of alkyl halides is 2. The second kappa shape index (κ2) is 7.71. The van der Waals surface area contributed by atoms with Gasteiger partial charge in [-0.3, -0.25) is 0 Å². The quantitative estimate of drug-likeness (QED) is 0.677. The number of anilines is 2. The highest BCUT2D eigenvalue weighted by molar-refractivity contribution is 7.89. The number of nitrogens with zero attached hydrogens (tertiary/aromatic N) is 2. The van der Waals surface area contributed by atoms with E-state index in [4.69, 9.17) is 9.88 Å². The Bertz CT molecular complexity index is 909. The number of sulfonamides is 1. The molecule has 0 saturated heterocycles. The van der Waals surface area contributed by atoms with Crippen molar-refractivity contribution in [2.45, 2.75) is 42.8 Å². The Morgan fingerprint density at radius 1 is 1.26 bits per heavy atom. The first-order valence-corrected chi connectivity index (χ1v) is 9.68. The van der Waals surface area contributed by atoms with Crippen LogP contribution in [0.3, 0.4) is 0 Å². The first-order chi connectivity index (χ1) is 12.7. The van der Waals surface area contributed by atoms with Crippen molar-refractivity contribution in [1.82, 2.24) is 9.97 Å². The molecule has 1 aromatic heterocycles. The van der Waals surface area contributed by atoms with E-state index in [0.717, 1.165) is 12.6 Å². The molecule has 146 valence electrons. The van der Waals surface area contributed by atoms with Crippen molar-refractivity contribution in [3.8, 4) is 5.88 Å². The van der Waals surface area contributed by atoms with Crippen LogP contribution >= 0.6 is 0 Å². The molecular weight excluding hydrogens is 382 g/mol. The summed E-state index contributed by atoms with van der Waals surface area (Å²) in [5.74, 6) is -0.306. The topological polar surface area (TPSA) is 127 Å². The molecular formula is C16H18F2N4O4S. The van der Waals surface area contributed by atoms with Crippen LogP contribution in [0.2, 0.25) is 0 Å². The number of benzene rings is 1. The molecule has 1 heterocycles. The van der Waals surface area contributed by atoms with E-state index in [1.54, 1.807) is 0 Å². The summed E-state index contributed by atoms with van der Waals surface area (Å²) in [6, 6.07) is 5.45. The van der Waals surface area contributed by atoms with Crippen molar-refractivity contribution in [2.75, 3.05) is 5.32 Å². The van der Waals surface area contributed by atoms with Crippen LogP contribution in [0.5, 0.6) is 5.88 Å². The van der Waals surface area contributed by atoms with E-state index in [0.29, 0.717) is 18.5 Å². The first kappa shape index (κ1) is 19.4. The highest BCUT2D eigenvalue weighted by Crippen LogP contribution is 2.31. The van der Waals surface area contributed by atoms with Gasteiger partial charge in [0.2, 0.25) is 21.9 Å². The number of nitrogens with one attached hydrogen (secondary N) is 1. The zero-order chi connectivity index (χ0) is 19.6. The summed E-state index contributed by atoms with van der Waals surface area (Å²) in [6.45, 7) is 0. The highest BCUT2D eigenvalue weighted by Gasteiger charge is 2.29. The summed E-state index contributed by atoms with van der Waals surface area (Å²) in [4.78, 5) is 7.74. The third-order valence-corrected chi connectivity index (χ3v) is 5.06. The van der Waals surface area contributed by atoms with E-state index in [2.05, 4.69) is 15.3 Å². The number of aliphatic hydroxyl groups excluding tert-OH is 1. The molecule has 8 nitrogen and oxygen atoms in total. The molecule has 1 saturated carbocycles. The number of primary sulfonamides is 1. The SMILES string of the molecule is NS(=O)(=O)c1ccc(Nc2ncc(C(F)F)c(O[C@H]3CCC[C@H]3O)n2)cc1. The number of aliphatic hydroxyl groups is 1. The van der Waals surface area contributed by atoms with Crippen molar-refractivity contribution in [3.63, 3.8) is 0 Å².